The number of carboxylic acids is 1. The largest absolute Gasteiger partial charge is 0.480 e. The van der Waals surface area contributed by atoms with Gasteiger partial charge in [0.2, 0.25) is 0 Å². The van der Waals surface area contributed by atoms with Gasteiger partial charge in [-0.05, 0) is 12.5 Å². The second kappa shape index (κ2) is 5.03. The number of imidazole rings is 1. The molecule has 0 aliphatic heterocycles. The van der Waals surface area contributed by atoms with E-state index in [9.17, 15) is 4.79 Å². The van der Waals surface area contributed by atoms with Crippen LogP contribution in [0.15, 0.2) is 18.6 Å². The van der Waals surface area contributed by atoms with Gasteiger partial charge in [0, 0.05) is 19.8 Å². The number of rotatable bonds is 5. The van der Waals surface area contributed by atoms with Crippen LogP contribution in [-0.4, -0.2) is 38.7 Å². The highest BCUT2D eigenvalue weighted by atomic mass is 16.4. The maximum absolute atomic E-state index is 10.9. The molecule has 0 aromatic carbocycles. The minimum atomic E-state index is -0.863. The van der Waals surface area contributed by atoms with Crippen LogP contribution in [0, 0.1) is 0 Å². The number of aromatic nitrogens is 3. The maximum atomic E-state index is 10.9. The molecule has 2 rings (SSSR count). The molecule has 2 aromatic heterocycles. The first-order valence-electron chi connectivity index (χ1n) is 5.86. The molecule has 0 spiro atoms. The lowest BCUT2D eigenvalue weighted by Gasteiger charge is -2.21. The monoisotopic (exact) mass is 248 g/mol. The van der Waals surface area contributed by atoms with E-state index in [4.69, 9.17) is 5.11 Å². The van der Waals surface area contributed by atoms with Crippen LogP contribution >= 0.6 is 0 Å². The average molecular weight is 248 g/mol. The molecule has 96 valence electrons. The molecule has 2 heterocycles. The molecule has 0 saturated carbocycles. The number of aliphatic carboxylic acids is 1. The molecular weight excluding hydrogens is 232 g/mol. The first kappa shape index (κ1) is 12.3. The first-order chi connectivity index (χ1) is 8.63. The summed E-state index contributed by atoms with van der Waals surface area (Å²) in [5.74, 6) is -0.226. The zero-order valence-corrected chi connectivity index (χ0v) is 10.5. The SMILES string of the molecule is CCCN(CC(=O)O)c1nccc2c1ncn2C. The van der Waals surface area contributed by atoms with Gasteiger partial charge < -0.3 is 14.6 Å². The Morgan fingerprint density at radius 1 is 1.50 bits per heavy atom. The summed E-state index contributed by atoms with van der Waals surface area (Å²) in [6.45, 7) is 2.60. The van der Waals surface area contributed by atoms with Crippen LogP contribution in [-0.2, 0) is 11.8 Å². The molecule has 0 aliphatic carbocycles. The van der Waals surface area contributed by atoms with Crippen molar-refractivity contribution in [2.24, 2.45) is 7.05 Å². The van der Waals surface area contributed by atoms with Gasteiger partial charge in [-0.1, -0.05) is 6.92 Å². The van der Waals surface area contributed by atoms with Crippen LogP contribution in [0.3, 0.4) is 0 Å². The smallest absolute Gasteiger partial charge is 0.323 e. The quantitative estimate of drug-likeness (QED) is 0.862. The normalized spacial score (nSPS) is 10.8. The molecule has 6 heteroatoms. The van der Waals surface area contributed by atoms with E-state index in [-0.39, 0.29) is 6.54 Å². The van der Waals surface area contributed by atoms with E-state index in [1.54, 1.807) is 17.4 Å². The summed E-state index contributed by atoms with van der Waals surface area (Å²) in [5.41, 5.74) is 1.70. The molecule has 0 unspecified atom stereocenters. The minimum Gasteiger partial charge on any atom is -0.480 e. The predicted octanol–water partition coefficient (Wildman–Crippen LogP) is 1.27. The Morgan fingerprint density at radius 2 is 2.28 bits per heavy atom. The standard InChI is InChI=1S/C12H16N4O2/c1-3-6-16(7-10(17)18)12-11-9(4-5-13-12)15(2)8-14-11/h4-5,8H,3,6-7H2,1-2H3,(H,17,18). The Labute approximate surface area is 105 Å². The van der Waals surface area contributed by atoms with Gasteiger partial charge in [0.05, 0.1) is 11.8 Å². The van der Waals surface area contributed by atoms with Crippen molar-refractivity contribution in [3.05, 3.63) is 18.6 Å². The molecule has 1 N–H and O–H groups in total. The van der Waals surface area contributed by atoms with Crippen LogP contribution in [0.5, 0.6) is 0 Å². The van der Waals surface area contributed by atoms with E-state index in [1.807, 2.05) is 24.6 Å². The second-order valence-electron chi connectivity index (χ2n) is 4.17. The van der Waals surface area contributed by atoms with Crippen molar-refractivity contribution in [3.8, 4) is 0 Å². The van der Waals surface area contributed by atoms with Gasteiger partial charge in [-0.25, -0.2) is 9.97 Å². The zero-order chi connectivity index (χ0) is 13.1. The van der Waals surface area contributed by atoms with E-state index in [2.05, 4.69) is 9.97 Å². The highest BCUT2D eigenvalue weighted by molar-refractivity contribution is 5.88. The van der Waals surface area contributed by atoms with Crippen LogP contribution in [0.1, 0.15) is 13.3 Å². The molecule has 0 bridgehead atoms. The van der Waals surface area contributed by atoms with E-state index in [0.29, 0.717) is 12.4 Å². The van der Waals surface area contributed by atoms with Gasteiger partial charge in [-0.2, -0.15) is 0 Å². The number of carbonyl (C=O) groups is 1. The highest BCUT2D eigenvalue weighted by Crippen LogP contribution is 2.22. The lowest BCUT2D eigenvalue weighted by Crippen LogP contribution is -2.31. The molecule has 2 aromatic rings. The fraction of sp³-hybridized carbons (Fsp3) is 0.417. The van der Waals surface area contributed by atoms with Crippen LogP contribution in [0.25, 0.3) is 11.0 Å². The van der Waals surface area contributed by atoms with Crippen molar-refractivity contribution in [2.75, 3.05) is 18.0 Å². The average Bonchev–Trinajstić information content (AvgIpc) is 2.70. The third kappa shape index (κ3) is 2.27. The van der Waals surface area contributed by atoms with Crippen molar-refractivity contribution in [1.82, 2.24) is 14.5 Å². The summed E-state index contributed by atoms with van der Waals surface area (Å²) in [5, 5.41) is 8.95. The number of hydrogen-bond donors (Lipinski definition) is 1. The number of pyridine rings is 1. The van der Waals surface area contributed by atoms with E-state index < -0.39 is 5.97 Å². The summed E-state index contributed by atoms with van der Waals surface area (Å²) in [7, 11) is 1.90. The Morgan fingerprint density at radius 3 is 2.94 bits per heavy atom. The number of nitrogens with zero attached hydrogens (tertiary/aromatic N) is 4. The van der Waals surface area contributed by atoms with Crippen LogP contribution in [0.4, 0.5) is 5.82 Å². The third-order valence-electron chi connectivity index (χ3n) is 2.74. The molecule has 18 heavy (non-hydrogen) atoms. The third-order valence-corrected chi connectivity index (χ3v) is 2.74. The van der Waals surface area contributed by atoms with Gasteiger partial charge in [0.25, 0.3) is 0 Å². The Balaban J connectivity index is 2.46. The van der Waals surface area contributed by atoms with Crippen molar-refractivity contribution in [3.63, 3.8) is 0 Å². The minimum absolute atomic E-state index is 0.0590. The van der Waals surface area contributed by atoms with E-state index in [1.165, 1.54) is 0 Å². The van der Waals surface area contributed by atoms with Crippen LogP contribution < -0.4 is 4.90 Å². The highest BCUT2D eigenvalue weighted by Gasteiger charge is 2.16. The van der Waals surface area contributed by atoms with Crippen molar-refractivity contribution >= 4 is 22.8 Å². The molecule has 0 fully saturated rings. The predicted molar refractivity (Wildman–Crippen MR) is 68.6 cm³/mol. The summed E-state index contributed by atoms with van der Waals surface area (Å²) >= 11 is 0. The van der Waals surface area contributed by atoms with E-state index in [0.717, 1.165) is 17.5 Å². The molecule has 0 atom stereocenters. The molecule has 0 saturated heterocycles. The number of hydrogen-bond acceptors (Lipinski definition) is 4. The number of fused-ring (bicyclic) bond motifs is 1. The van der Waals surface area contributed by atoms with Crippen molar-refractivity contribution < 1.29 is 9.90 Å². The summed E-state index contributed by atoms with van der Waals surface area (Å²) < 4.78 is 1.89. The van der Waals surface area contributed by atoms with Gasteiger partial charge in [-0.3, -0.25) is 4.79 Å². The fourth-order valence-corrected chi connectivity index (χ4v) is 1.97. The fourth-order valence-electron chi connectivity index (χ4n) is 1.97. The van der Waals surface area contributed by atoms with Gasteiger partial charge in [0.15, 0.2) is 5.82 Å². The number of anilines is 1. The molecule has 0 radical (unpaired) electrons. The number of aryl methyl sites for hydroxylation is 1. The summed E-state index contributed by atoms with van der Waals surface area (Å²) in [6.07, 6.45) is 4.25. The van der Waals surface area contributed by atoms with Gasteiger partial charge >= 0.3 is 5.97 Å². The number of carboxylic acid groups (broad SMARTS) is 1. The topological polar surface area (TPSA) is 71.2 Å². The maximum Gasteiger partial charge on any atom is 0.323 e. The molecular formula is C12H16N4O2. The van der Waals surface area contributed by atoms with Crippen molar-refractivity contribution in [2.45, 2.75) is 13.3 Å². The Hall–Kier alpha value is -2.11. The van der Waals surface area contributed by atoms with Crippen molar-refractivity contribution in [1.29, 1.82) is 0 Å². The van der Waals surface area contributed by atoms with Gasteiger partial charge in [-0.15, -0.1) is 0 Å². The molecule has 6 nitrogen and oxygen atoms in total. The van der Waals surface area contributed by atoms with Gasteiger partial charge in [0.1, 0.15) is 12.1 Å². The lowest BCUT2D eigenvalue weighted by molar-refractivity contribution is -0.135. The second-order valence-corrected chi connectivity index (χ2v) is 4.17. The van der Waals surface area contributed by atoms with Crippen LogP contribution in [0.2, 0.25) is 0 Å². The molecule has 0 aliphatic rings. The Kier molecular flexibility index (Phi) is 3.45. The molecule has 0 amide bonds. The summed E-state index contributed by atoms with van der Waals surface area (Å²) in [4.78, 5) is 21.2. The Bertz CT molecular complexity index is 564. The zero-order valence-electron chi connectivity index (χ0n) is 10.5. The first-order valence-corrected chi connectivity index (χ1v) is 5.86. The lowest BCUT2D eigenvalue weighted by atomic mass is 10.3. The van der Waals surface area contributed by atoms with E-state index >= 15 is 0 Å². The summed E-state index contributed by atoms with van der Waals surface area (Å²) in [6, 6.07) is 1.87.